The second kappa shape index (κ2) is 6.91. The van der Waals surface area contributed by atoms with E-state index in [1.54, 1.807) is 6.07 Å². The number of halogens is 2. The van der Waals surface area contributed by atoms with Gasteiger partial charge in [0.1, 0.15) is 17.6 Å². The van der Waals surface area contributed by atoms with Gasteiger partial charge in [-0.1, -0.05) is 13.8 Å². The van der Waals surface area contributed by atoms with E-state index in [-0.39, 0.29) is 35.5 Å². The lowest BCUT2D eigenvalue weighted by Crippen LogP contribution is -2.24. The quantitative estimate of drug-likeness (QED) is 0.756. The summed E-state index contributed by atoms with van der Waals surface area (Å²) in [5, 5.41) is 8.62. The summed E-state index contributed by atoms with van der Waals surface area (Å²) in [4.78, 5) is 0. The Bertz CT molecular complexity index is 611. The lowest BCUT2D eigenvalue weighted by atomic mass is 9.99. The van der Waals surface area contributed by atoms with Crippen molar-refractivity contribution in [3.8, 4) is 11.8 Å². The van der Waals surface area contributed by atoms with Crippen molar-refractivity contribution in [2.24, 2.45) is 11.8 Å². The van der Waals surface area contributed by atoms with Crippen LogP contribution in [0.4, 0.5) is 4.39 Å². The monoisotopic (exact) mass is 319 g/mol. The molecule has 1 unspecified atom stereocenters. The maximum Gasteiger partial charge on any atom is 0.233 e. The zero-order valence-electron chi connectivity index (χ0n) is 11.1. The first kappa shape index (κ1) is 16.7. The molecular weight excluding hydrogens is 305 g/mol. The van der Waals surface area contributed by atoms with E-state index in [0.29, 0.717) is 0 Å². The van der Waals surface area contributed by atoms with Gasteiger partial charge in [0.2, 0.25) is 9.05 Å². The fourth-order valence-corrected chi connectivity index (χ4v) is 3.05. The maximum absolute atomic E-state index is 13.4. The van der Waals surface area contributed by atoms with Crippen LogP contribution in [-0.4, -0.2) is 20.8 Å². The third kappa shape index (κ3) is 5.35. The van der Waals surface area contributed by atoms with E-state index in [4.69, 9.17) is 20.7 Å². The summed E-state index contributed by atoms with van der Waals surface area (Å²) in [6.45, 7) is 3.82. The highest BCUT2D eigenvalue weighted by Crippen LogP contribution is 2.20. The van der Waals surface area contributed by atoms with Crippen LogP contribution in [0.25, 0.3) is 0 Å². The average molecular weight is 320 g/mol. The van der Waals surface area contributed by atoms with Gasteiger partial charge in [-0.2, -0.15) is 5.26 Å². The van der Waals surface area contributed by atoms with Crippen LogP contribution in [0, 0.1) is 29.0 Å². The summed E-state index contributed by atoms with van der Waals surface area (Å²) >= 11 is 0. The highest BCUT2D eigenvalue weighted by Gasteiger charge is 2.21. The molecule has 0 saturated carbocycles. The van der Waals surface area contributed by atoms with E-state index < -0.39 is 14.9 Å². The highest BCUT2D eigenvalue weighted by atomic mass is 35.7. The first-order valence-corrected chi connectivity index (χ1v) is 8.45. The first-order valence-electron chi connectivity index (χ1n) is 5.97. The van der Waals surface area contributed by atoms with E-state index in [9.17, 15) is 12.8 Å². The van der Waals surface area contributed by atoms with Crippen molar-refractivity contribution in [1.82, 2.24) is 0 Å². The summed E-state index contributed by atoms with van der Waals surface area (Å²) in [5.74, 6) is -0.872. The number of rotatable bonds is 6. The Hall–Kier alpha value is -1.32. The molecule has 1 rings (SSSR count). The van der Waals surface area contributed by atoms with Crippen LogP contribution in [0.5, 0.6) is 5.75 Å². The summed E-state index contributed by atoms with van der Waals surface area (Å²) in [6, 6.07) is 5.59. The minimum atomic E-state index is -3.62. The molecule has 1 aromatic carbocycles. The largest absolute Gasteiger partial charge is 0.493 e. The summed E-state index contributed by atoms with van der Waals surface area (Å²) < 4.78 is 41.0. The molecule has 0 radical (unpaired) electrons. The normalized spacial score (nSPS) is 13.0. The first-order chi connectivity index (χ1) is 9.23. The molecule has 0 N–H and O–H groups in total. The molecule has 4 nitrogen and oxygen atoms in total. The lowest BCUT2D eigenvalue weighted by Gasteiger charge is -2.19. The van der Waals surface area contributed by atoms with Gasteiger partial charge in [-0.25, -0.2) is 12.8 Å². The van der Waals surface area contributed by atoms with Gasteiger partial charge < -0.3 is 4.74 Å². The molecule has 0 amide bonds. The third-order valence-corrected chi connectivity index (χ3v) is 4.09. The number of hydrogen-bond acceptors (Lipinski definition) is 4. The SMILES string of the molecule is CC(C)C(COc1ccc(C#N)c(F)c1)CS(=O)(=O)Cl. The molecule has 1 aromatic rings. The molecule has 0 spiro atoms. The molecule has 0 aliphatic rings. The minimum Gasteiger partial charge on any atom is -0.493 e. The van der Waals surface area contributed by atoms with Gasteiger partial charge in [0, 0.05) is 22.7 Å². The van der Waals surface area contributed by atoms with Gasteiger partial charge in [0.25, 0.3) is 0 Å². The number of nitrogens with zero attached hydrogens (tertiary/aromatic N) is 1. The van der Waals surface area contributed by atoms with Crippen LogP contribution >= 0.6 is 10.7 Å². The van der Waals surface area contributed by atoms with Crippen molar-refractivity contribution in [2.45, 2.75) is 13.8 Å². The minimum absolute atomic E-state index is 0.0479. The summed E-state index contributed by atoms with van der Waals surface area (Å²) in [5.41, 5.74) is -0.0684. The molecule has 0 aromatic heterocycles. The fraction of sp³-hybridized carbons (Fsp3) is 0.462. The average Bonchev–Trinajstić information content (AvgIpc) is 2.33. The topological polar surface area (TPSA) is 67.2 Å². The summed E-state index contributed by atoms with van der Waals surface area (Å²) in [6.07, 6.45) is 0. The van der Waals surface area contributed by atoms with Crippen LogP contribution in [0.2, 0.25) is 0 Å². The van der Waals surface area contributed by atoms with Crippen LogP contribution < -0.4 is 4.74 Å². The van der Waals surface area contributed by atoms with E-state index in [1.807, 2.05) is 13.8 Å². The molecule has 1 atom stereocenters. The van der Waals surface area contributed by atoms with Gasteiger partial charge in [-0.3, -0.25) is 0 Å². The Morgan fingerprint density at radius 1 is 1.45 bits per heavy atom. The lowest BCUT2D eigenvalue weighted by molar-refractivity contribution is 0.224. The number of ether oxygens (including phenoxy) is 1. The molecule has 20 heavy (non-hydrogen) atoms. The van der Waals surface area contributed by atoms with E-state index >= 15 is 0 Å². The van der Waals surface area contributed by atoms with Crippen molar-refractivity contribution in [2.75, 3.05) is 12.4 Å². The number of benzene rings is 1. The van der Waals surface area contributed by atoms with Crippen LogP contribution in [0.1, 0.15) is 19.4 Å². The fourth-order valence-electron chi connectivity index (χ4n) is 1.57. The predicted octanol–water partition coefficient (Wildman–Crippen LogP) is 2.92. The molecule has 110 valence electrons. The van der Waals surface area contributed by atoms with E-state index in [0.717, 1.165) is 6.07 Å². The Morgan fingerprint density at radius 2 is 2.10 bits per heavy atom. The smallest absolute Gasteiger partial charge is 0.233 e. The van der Waals surface area contributed by atoms with Gasteiger partial charge in [-0.05, 0) is 18.1 Å². The molecule has 0 aliphatic carbocycles. The Labute approximate surface area is 122 Å². The third-order valence-electron chi connectivity index (χ3n) is 2.88. The summed E-state index contributed by atoms with van der Waals surface area (Å²) in [7, 11) is 1.62. The predicted molar refractivity (Wildman–Crippen MR) is 74.6 cm³/mol. The molecule has 7 heteroatoms. The van der Waals surface area contributed by atoms with Crippen LogP contribution in [-0.2, 0) is 9.05 Å². The molecule has 0 saturated heterocycles. The number of hydrogen-bond donors (Lipinski definition) is 0. The second-order valence-corrected chi connectivity index (χ2v) is 7.60. The molecule has 0 aliphatic heterocycles. The Morgan fingerprint density at radius 3 is 2.55 bits per heavy atom. The van der Waals surface area contributed by atoms with Gasteiger partial charge in [-0.15, -0.1) is 0 Å². The molecule has 0 heterocycles. The maximum atomic E-state index is 13.4. The van der Waals surface area contributed by atoms with Gasteiger partial charge in [0.05, 0.1) is 17.9 Å². The van der Waals surface area contributed by atoms with E-state index in [2.05, 4.69) is 0 Å². The standard InChI is InChI=1S/C13H15ClFNO3S/c1-9(2)11(8-20(14,17)18)7-19-12-4-3-10(6-16)13(15)5-12/h3-5,9,11H,7-8H2,1-2H3. The Balaban J connectivity index is 2.73. The van der Waals surface area contributed by atoms with E-state index in [1.165, 1.54) is 12.1 Å². The van der Waals surface area contributed by atoms with Crippen LogP contribution in [0.15, 0.2) is 18.2 Å². The van der Waals surface area contributed by atoms with Crippen molar-refractivity contribution < 1.29 is 17.5 Å². The zero-order chi connectivity index (χ0) is 15.3. The van der Waals surface area contributed by atoms with Gasteiger partial charge >= 0.3 is 0 Å². The highest BCUT2D eigenvalue weighted by molar-refractivity contribution is 8.13. The zero-order valence-corrected chi connectivity index (χ0v) is 12.7. The second-order valence-electron chi connectivity index (χ2n) is 4.77. The van der Waals surface area contributed by atoms with Crippen molar-refractivity contribution in [3.63, 3.8) is 0 Å². The van der Waals surface area contributed by atoms with Gasteiger partial charge in [0.15, 0.2) is 0 Å². The van der Waals surface area contributed by atoms with Crippen LogP contribution in [0.3, 0.4) is 0 Å². The van der Waals surface area contributed by atoms with Crippen molar-refractivity contribution >= 4 is 19.7 Å². The number of nitriles is 1. The molecule has 0 fully saturated rings. The molecular formula is C13H15ClFNO3S. The Kier molecular flexibility index (Phi) is 5.78. The van der Waals surface area contributed by atoms with Crippen molar-refractivity contribution in [1.29, 1.82) is 5.26 Å². The van der Waals surface area contributed by atoms with Crippen molar-refractivity contribution in [3.05, 3.63) is 29.6 Å². The molecule has 0 bridgehead atoms.